The number of benzene rings is 2. The fourth-order valence-electron chi connectivity index (χ4n) is 3.24. The van der Waals surface area contributed by atoms with E-state index in [1.807, 2.05) is 0 Å². The van der Waals surface area contributed by atoms with Crippen molar-refractivity contribution in [3.05, 3.63) is 61.5 Å². The number of anilines is 1. The summed E-state index contributed by atoms with van der Waals surface area (Å²) in [6.07, 6.45) is 0. The molecule has 0 fully saturated rings. The van der Waals surface area contributed by atoms with Crippen molar-refractivity contribution in [2.24, 2.45) is 5.92 Å². The molecule has 0 spiro atoms. The van der Waals surface area contributed by atoms with Crippen LogP contribution in [0.2, 0.25) is 20.1 Å². The first-order chi connectivity index (χ1) is 15.1. The summed E-state index contributed by atoms with van der Waals surface area (Å²) in [6, 6.07) is 7.24. The van der Waals surface area contributed by atoms with Gasteiger partial charge in [-0.1, -0.05) is 78.5 Å². The molecule has 0 aliphatic carbocycles. The molecular weight excluding hydrogens is 502 g/mol. The molecule has 1 aliphatic rings. The van der Waals surface area contributed by atoms with Crippen LogP contribution in [0.1, 0.15) is 34.6 Å². The van der Waals surface area contributed by atoms with E-state index in [9.17, 15) is 19.2 Å². The Morgan fingerprint density at radius 1 is 0.906 bits per heavy atom. The van der Waals surface area contributed by atoms with Crippen LogP contribution in [0.4, 0.5) is 5.69 Å². The Hall–Kier alpha value is -2.32. The van der Waals surface area contributed by atoms with Gasteiger partial charge >= 0.3 is 5.97 Å². The van der Waals surface area contributed by atoms with Gasteiger partial charge in [-0.2, -0.15) is 0 Å². The van der Waals surface area contributed by atoms with E-state index in [0.717, 1.165) is 0 Å². The maximum Gasteiger partial charge on any atom is 0.330 e. The first kappa shape index (κ1) is 24.3. The highest BCUT2D eigenvalue weighted by Crippen LogP contribution is 2.45. The number of amides is 3. The quantitative estimate of drug-likeness (QED) is 0.249. The third kappa shape index (κ3) is 4.43. The van der Waals surface area contributed by atoms with Gasteiger partial charge in [-0.15, -0.1) is 0 Å². The number of nitrogens with one attached hydrogen (secondary N) is 1. The minimum atomic E-state index is -1.34. The molecule has 0 radical (unpaired) electrons. The molecule has 168 valence electrons. The van der Waals surface area contributed by atoms with Crippen LogP contribution in [0, 0.1) is 5.92 Å². The second kappa shape index (κ2) is 9.67. The smallest absolute Gasteiger partial charge is 0.330 e. The van der Waals surface area contributed by atoms with Gasteiger partial charge in [0.15, 0.2) is 6.61 Å². The Morgan fingerprint density at radius 3 is 1.88 bits per heavy atom. The summed E-state index contributed by atoms with van der Waals surface area (Å²) in [5, 5.41) is 1.73. The molecule has 0 unspecified atom stereocenters. The number of hydrogen-bond acceptors (Lipinski definition) is 5. The number of esters is 1. The largest absolute Gasteiger partial charge is 0.454 e. The van der Waals surface area contributed by atoms with Crippen LogP contribution < -0.4 is 5.32 Å². The molecular formula is C21H16Cl4N2O5. The van der Waals surface area contributed by atoms with Crippen molar-refractivity contribution in [1.29, 1.82) is 0 Å². The van der Waals surface area contributed by atoms with Crippen molar-refractivity contribution in [1.82, 2.24) is 4.90 Å². The number of carbonyl (C=O) groups is 4. The Morgan fingerprint density at radius 2 is 1.41 bits per heavy atom. The number of nitrogens with zero attached hydrogens (tertiary/aromatic N) is 1. The topological polar surface area (TPSA) is 92.8 Å². The molecule has 0 bridgehead atoms. The van der Waals surface area contributed by atoms with E-state index in [-0.39, 0.29) is 31.2 Å². The summed E-state index contributed by atoms with van der Waals surface area (Å²) in [6.45, 7) is 2.62. The number of halogens is 4. The molecule has 3 rings (SSSR count). The fraction of sp³-hybridized carbons (Fsp3) is 0.238. The van der Waals surface area contributed by atoms with E-state index >= 15 is 0 Å². The third-order valence-electron chi connectivity index (χ3n) is 4.69. The molecule has 11 heteroatoms. The van der Waals surface area contributed by atoms with Crippen LogP contribution in [0.5, 0.6) is 0 Å². The van der Waals surface area contributed by atoms with Crippen molar-refractivity contribution >= 4 is 75.8 Å². The number of hydrogen-bond donors (Lipinski definition) is 1. The molecule has 3 amide bonds. The predicted molar refractivity (Wildman–Crippen MR) is 122 cm³/mol. The highest BCUT2D eigenvalue weighted by atomic mass is 35.5. The lowest BCUT2D eigenvalue weighted by Crippen LogP contribution is -2.49. The van der Waals surface area contributed by atoms with Gasteiger partial charge in [0.2, 0.25) is 0 Å². The number of carbonyl (C=O) groups excluding carboxylic acids is 4. The summed E-state index contributed by atoms with van der Waals surface area (Å²) in [4.78, 5) is 51.7. The molecule has 7 nitrogen and oxygen atoms in total. The second-order valence-electron chi connectivity index (χ2n) is 7.20. The van der Waals surface area contributed by atoms with Crippen LogP contribution in [0.3, 0.4) is 0 Å². The van der Waals surface area contributed by atoms with E-state index in [1.165, 1.54) is 0 Å². The lowest BCUT2D eigenvalue weighted by Gasteiger charge is -2.27. The van der Waals surface area contributed by atoms with Gasteiger partial charge in [0.1, 0.15) is 6.04 Å². The van der Waals surface area contributed by atoms with E-state index in [4.69, 9.17) is 51.1 Å². The standard InChI is InChI=1S/C21H16Cl4N2O5/c1-9(2)18(21(31)32-8-11(28)26-10-6-4-3-5-7-10)27-19(29)12-13(20(27)30)15(23)17(25)16(24)14(12)22/h3-7,9,18H,8H2,1-2H3,(H,26,28)/t18-/m0/s1. The van der Waals surface area contributed by atoms with Gasteiger partial charge in [0.25, 0.3) is 17.7 Å². The van der Waals surface area contributed by atoms with Gasteiger partial charge in [0, 0.05) is 5.69 Å². The Balaban J connectivity index is 1.82. The minimum absolute atomic E-state index is 0.179. The van der Waals surface area contributed by atoms with E-state index in [2.05, 4.69) is 5.32 Å². The van der Waals surface area contributed by atoms with Gasteiger partial charge in [-0.25, -0.2) is 4.79 Å². The molecule has 0 saturated carbocycles. The number of para-hydroxylation sites is 1. The summed E-state index contributed by atoms with van der Waals surface area (Å²) in [7, 11) is 0. The molecule has 1 N–H and O–H groups in total. The minimum Gasteiger partial charge on any atom is -0.454 e. The van der Waals surface area contributed by atoms with Crippen LogP contribution in [-0.2, 0) is 14.3 Å². The Labute approximate surface area is 203 Å². The monoisotopic (exact) mass is 516 g/mol. The van der Waals surface area contributed by atoms with Crippen molar-refractivity contribution in [3.8, 4) is 0 Å². The highest BCUT2D eigenvalue weighted by molar-refractivity contribution is 6.55. The van der Waals surface area contributed by atoms with Crippen LogP contribution in [0.25, 0.3) is 0 Å². The average Bonchev–Trinajstić information content (AvgIpc) is 3.00. The third-order valence-corrected chi connectivity index (χ3v) is 6.49. The SMILES string of the molecule is CC(C)[C@@H](C(=O)OCC(=O)Nc1ccccc1)N1C(=O)c2c(Cl)c(Cl)c(Cl)c(Cl)c2C1=O. The predicted octanol–water partition coefficient (Wildman–Crippen LogP) is 5.10. The van der Waals surface area contributed by atoms with E-state index in [1.54, 1.807) is 44.2 Å². The maximum absolute atomic E-state index is 13.0. The molecule has 2 aromatic rings. The first-order valence-electron chi connectivity index (χ1n) is 9.31. The van der Waals surface area contributed by atoms with Gasteiger partial charge in [-0.05, 0) is 18.1 Å². The van der Waals surface area contributed by atoms with Crippen LogP contribution in [0.15, 0.2) is 30.3 Å². The average molecular weight is 518 g/mol. The number of rotatable bonds is 6. The fourth-order valence-corrected chi connectivity index (χ4v) is 4.25. The van der Waals surface area contributed by atoms with E-state index in [0.29, 0.717) is 10.6 Å². The molecule has 1 aliphatic heterocycles. The van der Waals surface area contributed by atoms with Crippen LogP contribution in [-0.4, -0.2) is 41.2 Å². The number of ether oxygens (including phenoxy) is 1. The summed E-state index contributed by atoms with van der Waals surface area (Å²) >= 11 is 24.3. The normalized spacial score (nSPS) is 13.9. The zero-order valence-electron chi connectivity index (χ0n) is 16.7. The molecule has 0 aromatic heterocycles. The van der Waals surface area contributed by atoms with Crippen LogP contribution >= 0.6 is 46.4 Å². The first-order valence-corrected chi connectivity index (χ1v) is 10.8. The van der Waals surface area contributed by atoms with Crippen molar-refractivity contribution in [2.75, 3.05) is 11.9 Å². The molecule has 1 atom stereocenters. The van der Waals surface area contributed by atoms with E-state index < -0.39 is 42.3 Å². The van der Waals surface area contributed by atoms with Crippen molar-refractivity contribution < 1.29 is 23.9 Å². The summed E-state index contributed by atoms with van der Waals surface area (Å²) in [5.41, 5.74) is 0.0417. The maximum atomic E-state index is 13.0. The molecule has 0 saturated heterocycles. The molecule has 2 aromatic carbocycles. The molecule has 1 heterocycles. The Bertz CT molecular complexity index is 1070. The van der Waals surface area contributed by atoms with Gasteiger partial charge in [-0.3, -0.25) is 19.3 Å². The second-order valence-corrected chi connectivity index (χ2v) is 8.71. The zero-order valence-corrected chi connectivity index (χ0v) is 19.8. The van der Waals surface area contributed by atoms with Gasteiger partial charge < -0.3 is 10.1 Å². The summed E-state index contributed by atoms with van der Waals surface area (Å²) in [5.74, 6) is -3.80. The highest BCUT2D eigenvalue weighted by Gasteiger charge is 2.48. The molecule has 32 heavy (non-hydrogen) atoms. The van der Waals surface area contributed by atoms with Gasteiger partial charge in [0.05, 0.1) is 31.2 Å². The lowest BCUT2D eigenvalue weighted by atomic mass is 10.0. The van der Waals surface area contributed by atoms with Crippen molar-refractivity contribution in [2.45, 2.75) is 19.9 Å². The Kier molecular flexibility index (Phi) is 7.35. The zero-order chi connectivity index (χ0) is 23.7. The number of imide groups is 1. The van der Waals surface area contributed by atoms with Crippen molar-refractivity contribution in [3.63, 3.8) is 0 Å². The lowest BCUT2D eigenvalue weighted by molar-refractivity contribution is -0.152. The number of fused-ring (bicyclic) bond motifs is 1. The summed E-state index contributed by atoms with van der Waals surface area (Å²) < 4.78 is 5.10.